The van der Waals surface area contributed by atoms with E-state index in [4.69, 9.17) is 4.74 Å². The van der Waals surface area contributed by atoms with E-state index in [-0.39, 0.29) is 11.8 Å². The second-order valence-corrected chi connectivity index (χ2v) is 8.54. The lowest BCUT2D eigenvalue weighted by Crippen LogP contribution is -2.54. The lowest BCUT2D eigenvalue weighted by Gasteiger charge is -2.36. The van der Waals surface area contributed by atoms with Crippen molar-refractivity contribution in [3.05, 3.63) is 59.2 Å². The molecule has 2 heterocycles. The minimum Gasteiger partial charge on any atom is -0.481 e. The molecule has 2 amide bonds. The van der Waals surface area contributed by atoms with Gasteiger partial charge in [0.05, 0.1) is 6.54 Å². The molecule has 0 radical (unpaired) electrons. The van der Waals surface area contributed by atoms with E-state index in [1.807, 2.05) is 47.9 Å². The van der Waals surface area contributed by atoms with Crippen LogP contribution in [0.1, 0.15) is 23.6 Å². The molecule has 1 fully saturated rings. The van der Waals surface area contributed by atoms with Crippen molar-refractivity contribution in [2.24, 2.45) is 0 Å². The van der Waals surface area contributed by atoms with Crippen LogP contribution >= 0.6 is 0 Å². The molecule has 2 aromatic carbocycles. The second-order valence-electron chi connectivity index (χ2n) is 8.54. The third-order valence-electron chi connectivity index (χ3n) is 6.24. The Kier molecular flexibility index (Phi) is 6.16. The van der Waals surface area contributed by atoms with Gasteiger partial charge in [-0.15, -0.1) is 0 Å². The van der Waals surface area contributed by atoms with Crippen molar-refractivity contribution >= 4 is 17.5 Å². The Bertz CT molecular complexity index is 966. The normalized spacial score (nSPS) is 16.8. The average Bonchev–Trinajstić information content (AvgIpc) is 3.18. The van der Waals surface area contributed by atoms with Crippen LogP contribution in [-0.2, 0) is 16.0 Å². The zero-order valence-electron chi connectivity index (χ0n) is 18.6. The number of fused-ring (bicyclic) bond motifs is 1. The summed E-state index contributed by atoms with van der Waals surface area (Å²) in [6.07, 6.45) is 0.439. The largest absolute Gasteiger partial charge is 0.481 e. The molecule has 0 bridgehead atoms. The molecular weight excluding hydrogens is 390 g/mol. The average molecular weight is 422 g/mol. The number of piperazine rings is 1. The van der Waals surface area contributed by atoms with E-state index < -0.39 is 6.10 Å². The van der Waals surface area contributed by atoms with E-state index in [0.29, 0.717) is 32.7 Å². The number of nitrogens with zero attached hydrogens (tertiary/aromatic N) is 3. The zero-order valence-corrected chi connectivity index (χ0v) is 18.6. The van der Waals surface area contributed by atoms with Gasteiger partial charge in [-0.3, -0.25) is 9.59 Å². The van der Waals surface area contributed by atoms with E-state index >= 15 is 0 Å². The Morgan fingerprint density at radius 2 is 1.68 bits per heavy atom. The number of hydrogen-bond acceptors (Lipinski definition) is 4. The van der Waals surface area contributed by atoms with E-state index in [1.165, 1.54) is 16.8 Å². The topological polar surface area (TPSA) is 53.1 Å². The molecule has 31 heavy (non-hydrogen) atoms. The Labute approximate surface area is 184 Å². The summed E-state index contributed by atoms with van der Waals surface area (Å²) < 4.78 is 5.93. The van der Waals surface area contributed by atoms with Gasteiger partial charge in [-0.1, -0.05) is 35.9 Å². The van der Waals surface area contributed by atoms with Crippen molar-refractivity contribution in [3.8, 4) is 5.75 Å². The molecule has 0 aromatic heterocycles. The third kappa shape index (κ3) is 4.68. The Morgan fingerprint density at radius 1 is 0.968 bits per heavy atom. The molecule has 0 saturated carbocycles. The smallest absolute Gasteiger partial charge is 0.263 e. The molecule has 4 rings (SSSR count). The number of hydrogen-bond donors (Lipinski definition) is 0. The summed E-state index contributed by atoms with van der Waals surface area (Å²) in [4.78, 5) is 31.5. The number of benzene rings is 2. The molecule has 2 aliphatic rings. The lowest BCUT2D eigenvalue weighted by atomic mass is 10.1. The van der Waals surface area contributed by atoms with Crippen molar-refractivity contribution in [1.29, 1.82) is 0 Å². The first kappa shape index (κ1) is 21.2. The fourth-order valence-electron chi connectivity index (χ4n) is 4.44. The SMILES string of the molecule is Cc1ccc(OC(C)C(=O)N2CCN(C(=O)CN3CCc4ccccc43)CC2)c(C)c1. The third-order valence-corrected chi connectivity index (χ3v) is 6.24. The number of para-hydroxylation sites is 1. The van der Waals surface area contributed by atoms with Gasteiger partial charge >= 0.3 is 0 Å². The van der Waals surface area contributed by atoms with Crippen molar-refractivity contribution in [1.82, 2.24) is 9.80 Å². The fraction of sp³-hybridized carbons (Fsp3) is 0.440. The molecule has 2 aliphatic heterocycles. The van der Waals surface area contributed by atoms with Crippen LogP contribution in [0.4, 0.5) is 5.69 Å². The summed E-state index contributed by atoms with van der Waals surface area (Å²) >= 11 is 0. The van der Waals surface area contributed by atoms with Crippen LogP contribution in [0, 0.1) is 13.8 Å². The van der Waals surface area contributed by atoms with Crippen LogP contribution in [0.3, 0.4) is 0 Å². The quantitative estimate of drug-likeness (QED) is 0.745. The molecule has 6 nitrogen and oxygen atoms in total. The number of anilines is 1. The minimum absolute atomic E-state index is 0.0273. The van der Waals surface area contributed by atoms with Crippen molar-refractivity contribution in [2.45, 2.75) is 33.3 Å². The van der Waals surface area contributed by atoms with Crippen LogP contribution in [0.15, 0.2) is 42.5 Å². The first-order valence-electron chi connectivity index (χ1n) is 11.1. The van der Waals surface area contributed by atoms with Crippen molar-refractivity contribution in [2.75, 3.05) is 44.2 Å². The standard InChI is InChI=1S/C25H31N3O3/c1-18-8-9-23(19(2)16-18)31-20(3)25(30)27-14-12-26(13-15-27)24(29)17-28-11-10-21-6-4-5-7-22(21)28/h4-9,16,20H,10-15,17H2,1-3H3. The van der Waals surface area contributed by atoms with E-state index in [0.717, 1.165) is 24.3 Å². The van der Waals surface area contributed by atoms with Gasteiger partial charge in [0.15, 0.2) is 6.10 Å². The van der Waals surface area contributed by atoms with Crippen LogP contribution in [0.2, 0.25) is 0 Å². The molecule has 1 atom stereocenters. The van der Waals surface area contributed by atoms with Crippen LogP contribution in [-0.4, -0.2) is 67.0 Å². The Balaban J connectivity index is 1.28. The van der Waals surface area contributed by atoms with Crippen molar-refractivity contribution < 1.29 is 14.3 Å². The maximum atomic E-state index is 12.9. The van der Waals surface area contributed by atoms with Crippen LogP contribution in [0.25, 0.3) is 0 Å². The summed E-state index contributed by atoms with van der Waals surface area (Å²) in [6, 6.07) is 14.2. The summed E-state index contributed by atoms with van der Waals surface area (Å²) in [6.45, 7) is 9.32. The molecule has 0 N–H and O–H groups in total. The van der Waals surface area contributed by atoms with Gasteiger partial charge in [0.25, 0.3) is 5.91 Å². The Hall–Kier alpha value is -3.02. The highest BCUT2D eigenvalue weighted by Gasteiger charge is 2.29. The zero-order chi connectivity index (χ0) is 22.0. The molecule has 1 saturated heterocycles. The highest BCUT2D eigenvalue weighted by molar-refractivity contribution is 5.84. The van der Waals surface area contributed by atoms with Gasteiger partial charge < -0.3 is 19.4 Å². The summed E-state index contributed by atoms with van der Waals surface area (Å²) in [7, 11) is 0. The van der Waals surface area contributed by atoms with E-state index in [2.05, 4.69) is 23.1 Å². The number of ether oxygens (including phenoxy) is 1. The number of rotatable bonds is 5. The number of amides is 2. The summed E-state index contributed by atoms with van der Waals surface area (Å²) in [5.41, 5.74) is 4.67. The molecule has 6 heteroatoms. The predicted molar refractivity (Wildman–Crippen MR) is 122 cm³/mol. The molecule has 164 valence electrons. The monoisotopic (exact) mass is 421 g/mol. The molecule has 0 aliphatic carbocycles. The highest BCUT2D eigenvalue weighted by Crippen LogP contribution is 2.27. The maximum Gasteiger partial charge on any atom is 0.263 e. The van der Waals surface area contributed by atoms with Gasteiger partial charge in [0.1, 0.15) is 5.75 Å². The lowest BCUT2D eigenvalue weighted by molar-refractivity contribution is -0.143. The van der Waals surface area contributed by atoms with Crippen molar-refractivity contribution in [3.63, 3.8) is 0 Å². The van der Waals surface area contributed by atoms with Crippen LogP contribution < -0.4 is 9.64 Å². The molecule has 1 unspecified atom stereocenters. The fourth-order valence-corrected chi connectivity index (χ4v) is 4.44. The van der Waals surface area contributed by atoms with Gasteiger partial charge in [0, 0.05) is 38.4 Å². The maximum absolute atomic E-state index is 12.9. The van der Waals surface area contributed by atoms with Gasteiger partial charge in [0.2, 0.25) is 5.91 Å². The first-order valence-corrected chi connectivity index (χ1v) is 11.1. The van der Waals surface area contributed by atoms with Gasteiger partial charge in [-0.25, -0.2) is 0 Å². The molecular formula is C25H31N3O3. The number of aryl methyl sites for hydroxylation is 2. The van der Waals surface area contributed by atoms with Gasteiger partial charge in [-0.2, -0.15) is 0 Å². The van der Waals surface area contributed by atoms with E-state index in [1.54, 1.807) is 6.92 Å². The Morgan fingerprint density at radius 3 is 2.42 bits per heavy atom. The summed E-state index contributed by atoms with van der Waals surface area (Å²) in [5, 5.41) is 0. The minimum atomic E-state index is -0.551. The highest BCUT2D eigenvalue weighted by atomic mass is 16.5. The second kappa shape index (κ2) is 9.00. The van der Waals surface area contributed by atoms with Gasteiger partial charge in [-0.05, 0) is 50.5 Å². The first-order chi connectivity index (χ1) is 14.9. The van der Waals surface area contributed by atoms with Crippen LogP contribution in [0.5, 0.6) is 5.75 Å². The predicted octanol–water partition coefficient (Wildman–Crippen LogP) is 2.80. The summed E-state index contributed by atoms with van der Waals surface area (Å²) in [5.74, 6) is 0.843. The number of carbonyl (C=O) groups excluding carboxylic acids is 2. The van der Waals surface area contributed by atoms with E-state index in [9.17, 15) is 9.59 Å². The molecule has 2 aromatic rings. The molecule has 0 spiro atoms. The number of carbonyl (C=O) groups is 2.